The van der Waals surface area contributed by atoms with Crippen LogP contribution in [-0.2, 0) is 25.3 Å². The van der Waals surface area contributed by atoms with E-state index in [1.165, 1.54) is 167 Å². The first kappa shape index (κ1) is 44.9. The summed E-state index contributed by atoms with van der Waals surface area (Å²) in [6.45, 7) is 9.12. The molecule has 0 atom stereocenters. The third-order valence-electron chi connectivity index (χ3n) is 7.41. The second-order valence-electron chi connectivity index (χ2n) is 11.6. The molecule has 0 bridgehead atoms. The predicted molar refractivity (Wildman–Crippen MR) is 192 cm³/mol. The molecule has 0 saturated carbocycles. The second-order valence-corrected chi connectivity index (χ2v) is 16.7. The van der Waals surface area contributed by atoms with E-state index in [-0.39, 0.29) is 21.1 Å². The van der Waals surface area contributed by atoms with Gasteiger partial charge in [0, 0.05) is 0 Å². The standard InChI is InChI=1S/2C10H22S.2C8H17.Sn/c2*1-2-3-4-5-6-7-8-9-10-11;2*1-3-5-7-8-6-4-2;/h2*11H,2-10H2,1H3;2*1,3-8H2,2H3;/q;;;;+2/p-2. The van der Waals surface area contributed by atoms with Gasteiger partial charge in [-0.1, -0.05) is 117 Å². The zero-order valence-corrected chi connectivity index (χ0v) is 32.4. The monoisotopic (exact) mass is 692 g/mol. The summed E-state index contributed by atoms with van der Waals surface area (Å²) < 4.78 is 3.31. The molecule has 0 saturated heterocycles. The summed E-state index contributed by atoms with van der Waals surface area (Å²) in [4.78, 5) is 0. The van der Waals surface area contributed by atoms with E-state index in [9.17, 15) is 0 Å². The predicted octanol–water partition coefficient (Wildman–Crippen LogP) is 13.6. The van der Waals surface area contributed by atoms with Crippen molar-refractivity contribution in [1.82, 2.24) is 0 Å². The van der Waals surface area contributed by atoms with Crippen molar-refractivity contribution in [1.29, 1.82) is 0 Å². The summed E-state index contributed by atoms with van der Waals surface area (Å²) in [6, 6.07) is 0. The molecule has 0 aliphatic heterocycles. The van der Waals surface area contributed by atoms with E-state index < -0.39 is 0 Å². The van der Waals surface area contributed by atoms with Gasteiger partial charge in [0.1, 0.15) is 0 Å². The summed E-state index contributed by atoms with van der Waals surface area (Å²) in [5.41, 5.74) is 0. The molecule has 0 amide bonds. The normalized spacial score (nSPS) is 10.4. The molecule has 0 unspecified atom stereocenters. The summed E-state index contributed by atoms with van der Waals surface area (Å²) in [6.07, 6.45) is 40.0. The van der Waals surface area contributed by atoms with Crippen molar-refractivity contribution in [2.75, 3.05) is 11.5 Å². The Labute approximate surface area is 272 Å². The number of hydrogen-bond donors (Lipinski definition) is 0. The van der Waals surface area contributed by atoms with Crippen molar-refractivity contribution in [2.24, 2.45) is 0 Å². The zero-order valence-electron chi connectivity index (χ0n) is 27.9. The first-order valence-electron chi connectivity index (χ1n) is 18.1. The quantitative estimate of drug-likeness (QED) is 0.0418. The zero-order chi connectivity index (χ0) is 29.3. The third-order valence-corrected chi connectivity index (χ3v) is 12.0. The summed E-state index contributed by atoms with van der Waals surface area (Å²) in [7, 11) is 0. The molecule has 236 valence electrons. The van der Waals surface area contributed by atoms with Crippen LogP contribution in [0.1, 0.15) is 207 Å². The van der Waals surface area contributed by atoms with Crippen LogP contribution in [0.5, 0.6) is 0 Å². The van der Waals surface area contributed by atoms with Crippen molar-refractivity contribution in [3.8, 4) is 0 Å². The molecule has 3 heteroatoms. The fourth-order valence-electron chi connectivity index (χ4n) is 4.66. The van der Waals surface area contributed by atoms with Crippen LogP contribution >= 0.6 is 0 Å². The molecule has 0 aromatic rings. The molecule has 0 N–H and O–H groups in total. The van der Waals surface area contributed by atoms with Crippen LogP contribution < -0.4 is 0 Å². The number of hydrogen-bond acceptors (Lipinski definition) is 2. The molecule has 0 rings (SSSR count). The van der Waals surface area contributed by atoms with Crippen molar-refractivity contribution in [2.45, 2.75) is 216 Å². The van der Waals surface area contributed by atoms with Crippen LogP contribution in [-0.4, -0.2) is 32.6 Å². The molecular formula is C36H76S2Sn. The van der Waals surface area contributed by atoms with E-state index in [1.54, 1.807) is 21.7 Å². The Balaban J connectivity index is -0.000000519. The molecule has 0 aromatic carbocycles. The molecule has 0 aromatic heterocycles. The van der Waals surface area contributed by atoms with Crippen LogP contribution in [0.3, 0.4) is 0 Å². The summed E-state index contributed by atoms with van der Waals surface area (Å²) in [5, 5.41) is 0. The van der Waals surface area contributed by atoms with Crippen LogP contribution in [0.2, 0.25) is 8.87 Å². The first-order valence-corrected chi connectivity index (χ1v) is 23.3. The molecule has 39 heavy (non-hydrogen) atoms. The van der Waals surface area contributed by atoms with Gasteiger partial charge in [0.2, 0.25) is 0 Å². The Bertz CT molecular complexity index is 303. The molecular weight excluding hydrogens is 615 g/mol. The Morgan fingerprint density at radius 2 is 0.487 bits per heavy atom. The fraction of sp³-hybridized carbons (Fsp3) is 1.00. The van der Waals surface area contributed by atoms with Crippen molar-refractivity contribution >= 4 is 46.4 Å². The van der Waals surface area contributed by atoms with E-state index in [0.717, 1.165) is 11.5 Å². The van der Waals surface area contributed by atoms with E-state index in [0.29, 0.717) is 0 Å². The van der Waals surface area contributed by atoms with Crippen LogP contribution in [0.15, 0.2) is 0 Å². The molecule has 0 aliphatic rings. The van der Waals surface area contributed by atoms with Crippen LogP contribution in [0.4, 0.5) is 0 Å². The molecule has 0 nitrogen and oxygen atoms in total. The van der Waals surface area contributed by atoms with E-state index in [1.807, 2.05) is 0 Å². The van der Waals surface area contributed by atoms with Gasteiger partial charge in [-0.2, -0.15) is 11.5 Å². The summed E-state index contributed by atoms with van der Waals surface area (Å²) in [5.74, 6) is 1.91. The van der Waals surface area contributed by atoms with Crippen molar-refractivity contribution in [3.05, 3.63) is 0 Å². The molecule has 0 aliphatic carbocycles. The Hall–Kier alpha value is 1.50. The minimum absolute atomic E-state index is 0.0736. The third kappa shape index (κ3) is 56.0. The van der Waals surface area contributed by atoms with Gasteiger partial charge in [-0.15, -0.1) is 0 Å². The average molecular weight is 692 g/mol. The molecule has 0 fully saturated rings. The van der Waals surface area contributed by atoms with Crippen LogP contribution in [0, 0.1) is 0 Å². The number of unbranched alkanes of at least 4 members (excludes halogenated alkanes) is 24. The minimum atomic E-state index is 0.0736. The van der Waals surface area contributed by atoms with Gasteiger partial charge in [0.25, 0.3) is 0 Å². The maximum absolute atomic E-state index is 4.87. The van der Waals surface area contributed by atoms with Crippen molar-refractivity contribution in [3.63, 3.8) is 0 Å². The SMILES string of the molecule is CCCCCCCCCC[S-].CCCCCCCCCC[S-].CCCCCCC[CH2][Sn+2][CH2]CCCCCCC. The Morgan fingerprint density at radius 1 is 0.282 bits per heavy atom. The summed E-state index contributed by atoms with van der Waals surface area (Å²) >= 11 is 9.82. The first-order chi connectivity index (χ1) is 19.2. The molecule has 0 spiro atoms. The van der Waals surface area contributed by atoms with Gasteiger partial charge in [-0.05, 0) is 0 Å². The Morgan fingerprint density at radius 3 is 0.718 bits per heavy atom. The average Bonchev–Trinajstić information content (AvgIpc) is 2.95. The van der Waals surface area contributed by atoms with Gasteiger partial charge in [-0.25, -0.2) is 0 Å². The molecule has 0 radical (unpaired) electrons. The van der Waals surface area contributed by atoms with Crippen molar-refractivity contribution < 1.29 is 0 Å². The number of rotatable bonds is 30. The van der Waals surface area contributed by atoms with Gasteiger partial charge in [0.15, 0.2) is 0 Å². The van der Waals surface area contributed by atoms with E-state index in [2.05, 4.69) is 27.7 Å². The topological polar surface area (TPSA) is 0 Å². The van der Waals surface area contributed by atoms with E-state index in [4.69, 9.17) is 25.3 Å². The van der Waals surface area contributed by atoms with Gasteiger partial charge >= 0.3 is 121 Å². The van der Waals surface area contributed by atoms with Gasteiger partial charge in [0.05, 0.1) is 0 Å². The maximum atomic E-state index is 4.87. The van der Waals surface area contributed by atoms with Crippen LogP contribution in [0.25, 0.3) is 0 Å². The van der Waals surface area contributed by atoms with Gasteiger partial charge < -0.3 is 25.3 Å². The molecule has 0 heterocycles. The fourth-order valence-corrected chi connectivity index (χ4v) is 8.63. The van der Waals surface area contributed by atoms with Gasteiger partial charge in [-0.3, -0.25) is 0 Å². The Kier molecular flexibility index (Phi) is 56.7. The van der Waals surface area contributed by atoms with E-state index >= 15 is 0 Å². The second kappa shape index (κ2) is 49.2.